The molecular weight excluding hydrogens is 170 g/mol. The van der Waals surface area contributed by atoms with Crippen molar-refractivity contribution in [3.63, 3.8) is 0 Å². The van der Waals surface area contributed by atoms with Crippen molar-refractivity contribution < 1.29 is 9.32 Å². The summed E-state index contributed by atoms with van der Waals surface area (Å²) in [6, 6.07) is 1.31. The van der Waals surface area contributed by atoms with Gasteiger partial charge in [-0.15, -0.1) is 6.58 Å². The van der Waals surface area contributed by atoms with Crippen LogP contribution < -0.4 is 10.6 Å². The average Bonchev–Trinajstić information content (AvgIpc) is 2.48. The van der Waals surface area contributed by atoms with Gasteiger partial charge >= 0.3 is 6.03 Å². The smallest absolute Gasteiger partial charge is 0.320 e. The number of urea groups is 1. The number of hydrogen-bond donors (Lipinski definition) is 2. The minimum atomic E-state index is -0.326. The molecular formula is C8H11N3O2. The fraction of sp³-hybridized carbons (Fsp3) is 0.250. The Bertz CT molecular complexity index is 306. The Hall–Kier alpha value is -1.78. The van der Waals surface area contributed by atoms with Crippen molar-refractivity contribution in [2.24, 2.45) is 0 Å². The number of carbonyl (C=O) groups excluding carboxylic acids is 1. The van der Waals surface area contributed by atoms with E-state index < -0.39 is 0 Å². The summed E-state index contributed by atoms with van der Waals surface area (Å²) >= 11 is 0. The third-order valence-electron chi connectivity index (χ3n) is 1.28. The van der Waals surface area contributed by atoms with E-state index in [-0.39, 0.29) is 6.03 Å². The third kappa shape index (κ3) is 2.98. The fourth-order valence-corrected chi connectivity index (χ4v) is 0.751. The molecule has 5 heteroatoms. The van der Waals surface area contributed by atoms with Crippen molar-refractivity contribution in [2.45, 2.75) is 6.92 Å². The van der Waals surface area contributed by atoms with Crippen molar-refractivity contribution in [1.82, 2.24) is 10.5 Å². The molecule has 1 heterocycles. The highest BCUT2D eigenvalue weighted by Gasteiger charge is 2.03. The highest BCUT2D eigenvalue weighted by molar-refractivity contribution is 5.88. The molecule has 0 aliphatic heterocycles. The molecule has 13 heavy (non-hydrogen) atoms. The molecule has 0 saturated carbocycles. The van der Waals surface area contributed by atoms with Crippen LogP contribution in [0.3, 0.4) is 0 Å². The van der Waals surface area contributed by atoms with E-state index in [9.17, 15) is 4.79 Å². The summed E-state index contributed by atoms with van der Waals surface area (Å²) in [7, 11) is 0. The van der Waals surface area contributed by atoms with Crippen molar-refractivity contribution >= 4 is 11.8 Å². The highest BCUT2D eigenvalue weighted by Crippen LogP contribution is 2.05. The van der Waals surface area contributed by atoms with E-state index in [4.69, 9.17) is 4.52 Å². The maximum absolute atomic E-state index is 11.0. The molecule has 0 atom stereocenters. The molecule has 0 saturated heterocycles. The fourth-order valence-electron chi connectivity index (χ4n) is 0.751. The molecule has 2 amide bonds. The van der Waals surface area contributed by atoms with E-state index in [0.29, 0.717) is 18.1 Å². The molecule has 0 aromatic carbocycles. The molecule has 0 aliphatic carbocycles. The lowest BCUT2D eigenvalue weighted by Crippen LogP contribution is -2.28. The molecule has 0 aliphatic rings. The van der Waals surface area contributed by atoms with E-state index in [1.165, 1.54) is 0 Å². The summed E-state index contributed by atoms with van der Waals surface area (Å²) in [6.45, 7) is 5.64. The number of hydrogen-bond acceptors (Lipinski definition) is 3. The highest BCUT2D eigenvalue weighted by atomic mass is 16.5. The van der Waals surface area contributed by atoms with Gasteiger partial charge in [0.15, 0.2) is 5.82 Å². The topological polar surface area (TPSA) is 67.2 Å². The number of nitrogens with one attached hydrogen (secondary N) is 2. The largest absolute Gasteiger partial charge is 0.360 e. The first kappa shape index (κ1) is 9.31. The van der Waals surface area contributed by atoms with Crippen LogP contribution in [0.2, 0.25) is 0 Å². The van der Waals surface area contributed by atoms with Crippen LogP contribution in [-0.2, 0) is 0 Å². The lowest BCUT2D eigenvalue weighted by atomic mass is 10.5. The summed E-state index contributed by atoms with van der Waals surface area (Å²) in [6.07, 6.45) is 1.59. The number of amides is 2. The lowest BCUT2D eigenvalue weighted by Gasteiger charge is -2.00. The van der Waals surface area contributed by atoms with Crippen molar-refractivity contribution in [3.8, 4) is 0 Å². The maximum atomic E-state index is 11.0. The summed E-state index contributed by atoms with van der Waals surface area (Å²) in [4.78, 5) is 11.0. The predicted molar refractivity (Wildman–Crippen MR) is 48.5 cm³/mol. The molecule has 0 radical (unpaired) electrons. The van der Waals surface area contributed by atoms with Crippen LogP contribution in [0.25, 0.3) is 0 Å². The van der Waals surface area contributed by atoms with E-state index in [1.54, 1.807) is 19.1 Å². The third-order valence-corrected chi connectivity index (χ3v) is 1.28. The molecule has 1 aromatic rings. The molecule has 2 N–H and O–H groups in total. The minimum absolute atomic E-state index is 0.326. The first-order chi connectivity index (χ1) is 6.22. The standard InChI is InChI=1S/C8H11N3O2/c1-3-4-9-8(12)10-7-5-6(2)13-11-7/h3,5H,1,4H2,2H3,(H2,9,10,11,12). The molecule has 0 unspecified atom stereocenters. The van der Waals surface area contributed by atoms with Gasteiger partial charge in [-0.1, -0.05) is 11.2 Å². The first-order valence-electron chi connectivity index (χ1n) is 3.81. The van der Waals surface area contributed by atoms with Gasteiger partial charge in [-0.25, -0.2) is 4.79 Å². The average molecular weight is 181 g/mol. The Kier molecular flexibility index (Phi) is 3.08. The van der Waals surface area contributed by atoms with Gasteiger partial charge in [-0.05, 0) is 6.92 Å². The second-order valence-electron chi connectivity index (χ2n) is 2.45. The Morgan fingerprint density at radius 1 is 1.85 bits per heavy atom. The summed E-state index contributed by atoms with van der Waals surface area (Å²) in [5.74, 6) is 1.05. The van der Waals surface area contributed by atoms with Crippen LogP contribution in [0, 0.1) is 6.92 Å². The molecule has 70 valence electrons. The Labute approximate surface area is 75.8 Å². The second kappa shape index (κ2) is 4.30. The van der Waals surface area contributed by atoms with Crippen LogP contribution in [-0.4, -0.2) is 17.7 Å². The molecule has 1 aromatic heterocycles. The number of nitrogens with zero attached hydrogens (tertiary/aromatic N) is 1. The quantitative estimate of drug-likeness (QED) is 0.690. The molecule has 1 rings (SSSR count). The van der Waals surface area contributed by atoms with Gasteiger partial charge < -0.3 is 9.84 Å². The zero-order valence-electron chi connectivity index (χ0n) is 7.33. The number of carbonyl (C=O) groups is 1. The van der Waals surface area contributed by atoms with Gasteiger partial charge in [0.2, 0.25) is 0 Å². The SMILES string of the molecule is C=CCNC(=O)Nc1cc(C)on1. The predicted octanol–water partition coefficient (Wildman–Crippen LogP) is 1.29. The molecule has 0 spiro atoms. The van der Waals surface area contributed by atoms with Crippen molar-refractivity contribution in [1.29, 1.82) is 0 Å². The first-order valence-corrected chi connectivity index (χ1v) is 3.81. The summed E-state index contributed by atoms with van der Waals surface area (Å²) in [5.41, 5.74) is 0. The van der Waals surface area contributed by atoms with Crippen LogP contribution in [0.15, 0.2) is 23.2 Å². The van der Waals surface area contributed by atoms with Gasteiger partial charge in [-0.3, -0.25) is 5.32 Å². The second-order valence-corrected chi connectivity index (χ2v) is 2.45. The number of aryl methyl sites for hydroxylation is 1. The van der Waals surface area contributed by atoms with Gasteiger partial charge in [0.1, 0.15) is 5.76 Å². The van der Waals surface area contributed by atoms with Gasteiger partial charge in [-0.2, -0.15) is 0 Å². The van der Waals surface area contributed by atoms with E-state index >= 15 is 0 Å². The lowest BCUT2D eigenvalue weighted by molar-refractivity contribution is 0.252. The normalized spacial score (nSPS) is 9.31. The van der Waals surface area contributed by atoms with Crippen LogP contribution in [0.4, 0.5) is 10.6 Å². The summed E-state index contributed by atoms with van der Waals surface area (Å²) in [5, 5.41) is 8.63. The Morgan fingerprint density at radius 3 is 3.15 bits per heavy atom. The number of aromatic nitrogens is 1. The van der Waals surface area contributed by atoms with Gasteiger partial charge in [0, 0.05) is 12.6 Å². The summed E-state index contributed by atoms with van der Waals surface area (Å²) < 4.78 is 4.76. The maximum Gasteiger partial charge on any atom is 0.320 e. The number of anilines is 1. The number of rotatable bonds is 3. The van der Waals surface area contributed by atoms with Crippen LogP contribution in [0.5, 0.6) is 0 Å². The van der Waals surface area contributed by atoms with Crippen LogP contribution in [0.1, 0.15) is 5.76 Å². The van der Waals surface area contributed by atoms with Crippen molar-refractivity contribution in [3.05, 3.63) is 24.5 Å². The molecule has 0 bridgehead atoms. The Balaban J connectivity index is 2.40. The molecule has 5 nitrogen and oxygen atoms in total. The monoisotopic (exact) mass is 181 g/mol. The van der Waals surface area contributed by atoms with Gasteiger partial charge in [0.25, 0.3) is 0 Å². The van der Waals surface area contributed by atoms with E-state index in [1.807, 2.05) is 0 Å². The van der Waals surface area contributed by atoms with Crippen LogP contribution >= 0.6 is 0 Å². The Morgan fingerprint density at radius 2 is 2.62 bits per heavy atom. The zero-order valence-corrected chi connectivity index (χ0v) is 7.33. The van der Waals surface area contributed by atoms with Crippen molar-refractivity contribution in [2.75, 3.05) is 11.9 Å². The minimum Gasteiger partial charge on any atom is -0.360 e. The zero-order chi connectivity index (χ0) is 9.68. The van der Waals surface area contributed by atoms with E-state index in [2.05, 4.69) is 22.4 Å². The molecule has 0 fully saturated rings. The van der Waals surface area contributed by atoms with Gasteiger partial charge in [0.05, 0.1) is 0 Å². The van der Waals surface area contributed by atoms with E-state index in [0.717, 1.165) is 0 Å².